The maximum Gasteiger partial charge on any atom is 0.232 e. The fourth-order valence-corrected chi connectivity index (χ4v) is 5.34. The molecule has 1 aliphatic carbocycles. The number of hydrogen-bond donors (Lipinski definition) is 0. The molecule has 2 atom stereocenters. The number of rotatable bonds is 3. The first-order valence-electron chi connectivity index (χ1n) is 11.4. The molecule has 3 aromatic carbocycles. The van der Waals surface area contributed by atoms with Crippen LogP contribution in [0.2, 0.25) is 0 Å². The molecule has 4 aromatic rings. The molecule has 0 saturated carbocycles. The highest BCUT2D eigenvalue weighted by atomic mass is 16.3. The molecule has 162 valence electrons. The smallest absolute Gasteiger partial charge is 0.232 e. The molecule has 4 heteroatoms. The van der Waals surface area contributed by atoms with Crippen molar-refractivity contribution in [1.82, 2.24) is 0 Å². The zero-order valence-electron chi connectivity index (χ0n) is 18.1. The third-order valence-corrected chi connectivity index (χ3v) is 6.88. The van der Waals surface area contributed by atoms with E-state index in [1.54, 1.807) is 11.2 Å². The van der Waals surface area contributed by atoms with Gasteiger partial charge in [-0.25, -0.2) is 0 Å². The average Bonchev–Trinajstić information content (AvgIpc) is 3.38. The second kappa shape index (κ2) is 7.89. The maximum absolute atomic E-state index is 13.6. The van der Waals surface area contributed by atoms with Gasteiger partial charge < -0.3 is 4.42 Å². The SMILES string of the molecule is O=C1CC(c2ccccc2)CC2=C1C(c1ccco1)CC(=O)N2c1ccc2ccccc2c1. The number of ketones is 1. The van der Waals surface area contributed by atoms with Crippen molar-refractivity contribution in [1.29, 1.82) is 0 Å². The molecule has 2 unspecified atom stereocenters. The monoisotopic (exact) mass is 433 g/mol. The van der Waals surface area contributed by atoms with Gasteiger partial charge in [-0.1, -0.05) is 60.7 Å². The predicted octanol–water partition coefficient (Wildman–Crippen LogP) is 6.35. The lowest BCUT2D eigenvalue weighted by Crippen LogP contribution is -2.41. The van der Waals surface area contributed by atoms with Crippen LogP contribution < -0.4 is 4.90 Å². The second-order valence-electron chi connectivity index (χ2n) is 8.83. The molecule has 2 aliphatic rings. The van der Waals surface area contributed by atoms with Gasteiger partial charge in [0.1, 0.15) is 5.76 Å². The zero-order valence-corrected chi connectivity index (χ0v) is 18.1. The van der Waals surface area contributed by atoms with E-state index in [4.69, 9.17) is 4.42 Å². The lowest BCUT2D eigenvalue weighted by atomic mass is 9.74. The molecular formula is C29H23NO3. The topological polar surface area (TPSA) is 50.5 Å². The van der Waals surface area contributed by atoms with Crippen LogP contribution in [0.1, 0.15) is 42.4 Å². The molecule has 0 N–H and O–H groups in total. The number of anilines is 1. The van der Waals surface area contributed by atoms with Crippen molar-refractivity contribution in [3.05, 3.63) is 114 Å². The molecule has 0 saturated heterocycles. The van der Waals surface area contributed by atoms with Gasteiger partial charge in [-0.2, -0.15) is 0 Å². The Balaban J connectivity index is 1.51. The summed E-state index contributed by atoms with van der Waals surface area (Å²) in [4.78, 5) is 28.9. The number of allylic oxidation sites excluding steroid dienone is 2. The summed E-state index contributed by atoms with van der Waals surface area (Å²) < 4.78 is 5.67. The summed E-state index contributed by atoms with van der Waals surface area (Å²) in [5, 5.41) is 2.19. The van der Waals surface area contributed by atoms with E-state index in [1.165, 1.54) is 0 Å². The summed E-state index contributed by atoms with van der Waals surface area (Å²) in [5.74, 6) is 0.490. The van der Waals surface area contributed by atoms with Crippen LogP contribution >= 0.6 is 0 Å². The predicted molar refractivity (Wildman–Crippen MR) is 128 cm³/mol. The Bertz CT molecular complexity index is 1380. The van der Waals surface area contributed by atoms with E-state index >= 15 is 0 Å². The van der Waals surface area contributed by atoms with Gasteiger partial charge in [-0.3, -0.25) is 14.5 Å². The highest BCUT2D eigenvalue weighted by molar-refractivity contribution is 6.08. The molecule has 0 spiro atoms. The Hall–Kier alpha value is -3.92. The van der Waals surface area contributed by atoms with E-state index in [0.29, 0.717) is 18.6 Å². The van der Waals surface area contributed by atoms with Gasteiger partial charge in [0.05, 0.1) is 12.2 Å². The van der Waals surface area contributed by atoms with Gasteiger partial charge in [-0.15, -0.1) is 0 Å². The summed E-state index contributed by atoms with van der Waals surface area (Å²) in [6.45, 7) is 0. The fourth-order valence-electron chi connectivity index (χ4n) is 5.34. The molecule has 1 aromatic heterocycles. The van der Waals surface area contributed by atoms with Crippen LogP contribution in [0.15, 0.2) is 107 Å². The molecule has 1 aliphatic heterocycles. The number of nitrogens with zero attached hydrogens (tertiary/aromatic N) is 1. The molecule has 0 bridgehead atoms. The highest BCUT2D eigenvalue weighted by Crippen LogP contribution is 2.47. The minimum atomic E-state index is -0.330. The largest absolute Gasteiger partial charge is 0.469 e. The van der Waals surface area contributed by atoms with Crippen LogP contribution in [0.25, 0.3) is 10.8 Å². The van der Waals surface area contributed by atoms with Crippen LogP contribution in [0, 0.1) is 0 Å². The molecule has 1 amide bonds. The lowest BCUT2D eigenvalue weighted by Gasteiger charge is -2.40. The van der Waals surface area contributed by atoms with Crippen LogP contribution in [0.4, 0.5) is 5.69 Å². The Morgan fingerprint density at radius 3 is 2.33 bits per heavy atom. The molecule has 0 radical (unpaired) electrons. The Labute approximate surface area is 192 Å². The minimum Gasteiger partial charge on any atom is -0.469 e. The van der Waals surface area contributed by atoms with Crippen LogP contribution in [-0.2, 0) is 9.59 Å². The number of amides is 1. The van der Waals surface area contributed by atoms with Crippen molar-refractivity contribution in [2.24, 2.45) is 0 Å². The van der Waals surface area contributed by atoms with E-state index < -0.39 is 0 Å². The van der Waals surface area contributed by atoms with Gasteiger partial charge in [0.2, 0.25) is 5.91 Å². The molecule has 2 heterocycles. The molecule has 6 rings (SSSR count). The average molecular weight is 434 g/mol. The Morgan fingerprint density at radius 2 is 1.55 bits per heavy atom. The summed E-state index contributed by atoms with van der Waals surface area (Å²) in [7, 11) is 0. The van der Waals surface area contributed by atoms with E-state index in [9.17, 15) is 9.59 Å². The maximum atomic E-state index is 13.6. The second-order valence-corrected chi connectivity index (χ2v) is 8.83. The number of fused-ring (bicyclic) bond motifs is 1. The van der Waals surface area contributed by atoms with Crippen molar-refractivity contribution in [2.75, 3.05) is 4.90 Å². The molecule has 33 heavy (non-hydrogen) atoms. The standard InChI is InChI=1S/C29H23NO3/c31-26-17-22(19-7-2-1-3-8-19)16-25-29(26)24(27-11-6-14-33-27)18-28(32)30(25)23-13-12-20-9-4-5-10-21(20)15-23/h1-15,22,24H,16-18H2. The van der Waals surface area contributed by atoms with E-state index in [1.807, 2.05) is 66.7 Å². The highest BCUT2D eigenvalue weighted by Gasteiger charge is 2.43. The third-order valence-electron chi connectivity index (χ3n) is 6.88. The summed E-state index contributed by atoms with van der Waals surface area (Å²) in [6.07, 6.45) is 2.91. The van der Waals surface area contributed by atoms with Gasteiger partial charge in [-0.05, 0) is 52.9 Å². The first-order valence-corrected chi connectivity index (χ1v) is 11.4. The van der Waals surface area contributed by atoms with E-state index in [2.05, 4.69) is 18.2 Å². The van der Waals surface area contributed by atoms with Crippen LogP contribution in [0.3, 0.4) is 0 Å². The number of carbonyl (C=O) groups is 2. The lowest BCUT2D eigenvalue weighted by molar-refractivity contribution is -0.120. The van der Waals surface area contributed by atoms with Gasteiger partial charge in [0, 0.05) is 29.8 Å². The summed E-state index contributed by atoms with van der Waals surface area (Å²) >= 11 is 0. The summed E-state index contributed by atoms with van der Waals surface area (Å²) in [6, 6.07) is 28.0. The summed E-state index contributed by atoms with van der Waals surface area (Å²) in [5.41, 5.74) is 3.48. The number of Topliss-reactive ketones (excluding diaryl/α,β-unsaturated/α-hetero) is 1. The van der Waals surface area contributed by atoms with Crippen molar-refractivity contribution >= 4 is 28.2 Å². The molecular weight excluding hydrogens is 410 g/mol. The minimum absolute atomic E-state index is 0.00746. The van der Waals surface area contributed by atoms with Crippen molar-refractivity contribution < 1.29 is 14.0 Å². The van der Waals surface area contributed by atoms with Crippen molar-refractivity contribution in [3.8, 4) is 0 Å². The van der Waals surface area contributed by atoms with Gasteiger partial charge >= 0.3 is 0 Å². The van der Waals surface area contributed by atoms with Crippen molar-refractivity contribution in [3.63, 3.8) is 0 Å². The zero-order chi connectivity index (χ0) is 22.4. The quantitative estimate of drug-likeness (QED) is 0.378. The van der Waals surface area contributed by atoms with Crippen LogP contribution in [0.5, 0.6) is 0 Å². The Kier molecular flexibility index (Phi) is 4.72. The first-order chi connectivity index (χ1) is 16.2. The number of hydrogen-bond acceptors (Lipinski definition) is 3. The fraction of sp³-hybridized carbons (Fsp3) is 0.172. The first kappa shape index (κ1) is 19.7. The number of benzene rings is 3. The Morgan fingerprint density at radius 1 is 0.758 bits per heavy atom. The van der Waals surface area contributed by atoms with E-state index in [0.717, 1.165) is 33.3 Å². The van der Waals surface area contributed by atoms with Crippen LogP contribution in [-0.4, -0.2) is 11.7 Å². The number of carbonyl (C=O) groups excluding carboxylic acids is 2. The molecule has 0 fully saturated rings. The molecule has 4 nitrogen and oxygen atoms in total. The van der Waals surface area contributed by atoms with Gasteiger partial charge in [0.25, 0.3) is 0 Å². The van der Waals surface area contributed by atoms with Crippen molar-refractivity contribution in [2.45, 2.75) is 31.1 Å². The third kappa shape index (κ3) is 3.39. The normalized spacial score (nSPS) is 20.9. The van der Waals surface area contributed by atoms with Gasteiger partial charge in [0.15, 0.2) is 5.78 Å². The number of furan rings is 1. The van der Waals surface area contributed by atoms with E-state index in [-0.39, 0.29) is 29.9 Å².